The number of rotatable bonds is 6. The number of benzene rings is 1. The summed E-state index contributed by atoms with van der Waals surface area (Å²) in [7, 11) is 0. The molecule has 0 amide bonds. The van der Waals surface area contributed by atoms with E-state index in [1.165, 1.54) is 4.88 Å². The maximum Gasteiger partial charge on any atom is 0.306 e. The molecule has 6 heteroatoms. The molecule has 134 valence electrons. The zero-order valence-corrected chi connectivity index (χ0v) is 15.7. The van der Waals surface area contributed by atoms with Gasteiger partial charge in [-0.3, -0.25) is 9.69 Å². The molecule has 25 heavy (non-hydrogen) atoms. The molecule has 0 radical (unpaired) electrons. The maximum atomic E-state index is 11.3. The Hall–Kier alpha value is -1.56. The molecule has 1 aromatic carbocycles. The minimum atomic E-state index is -0.690. The first kappa shape index (κ1) is 18.2. The second kappa shape index (κ2) is 8.21. The molecule has 1 atom stereocenters. The number of halogens is 1. The minimum absolute atomic E-state index is 0.0370. The fourth-order valence-electron chi connectivity index (χ4n) is 3.40. The Morgan fingerprint density at radius 2 is 2.16 bits per heavy atom. The molecule has 0 aliphatic carbocycles. The second-order valence-electron chi connectivity index (χ2n) is 6.18. The molecule has 0 saturated carbocycles. The van der Waals surface area contributed by atoms with Crippen molar-refractivity contribution in [2.75, 3.05) is 19.7 Å². The van der Waals surface area contributed by atoms with Gasteiger partial charge in [0, 0.05) is 15.5 Å². The molecule has 0 bridgehead atoms. The number of hydrogen-bond acceptors (Lipinski definition) is 4. The van der Waals surface area contributed by atoms with E-state index in [4.69, 9.17) is 16.3 Å². The third-order valence-corrected chi connectivity index (χ3v) is 5.78. The normalized spacial score (nSPS) is 17.4. The smallest absolute Gasteiger partial charge is 0.306 e. The van der Waals surface area contributed by atoms with Crippen molar-refractivity contribution in [3.05, 3.63) is 51.2 Å². The number of aliphatic carboxylic acids is 1. The molecular formula is C19H22ClNO3S. The summed E-state index contributed by atoms with van der Waals surface area (Å²) < 4.78 is 5.85. The predicted molar refractivity (Wildman–Crippen MR) is 101 cm³/mol. The summed E-state index contributed by atoms with van der Waals surface area (Å²) in [4.78, 5) is 14.8. The first-order valence-electron chi connectivity index (χ1n) is 8.52. The fourth-order valence-corrected chi connectivity index (χ4v) is 4.46. The molecule has 4 nitrogen and oxygen atoms in total. The predicted octanol–water partition coefficient (Wildman–Crippen LogP) is 4.69. The Morgan fingerprint density at radius 3 is 2.76 bits per heavy atom. The van der Waals surface area contributed by atoms with Crippen LogP contribution < -0.4 is 4.74 Å². The number of thiophene rings is 1. The van der Waals surface area contributed by atoms with Gasteiger partial charge in [0.05, 0.1) is 18.6 Å². The highest BCUT2D eigenvalue weighted by atomic mass is 35.5. The van der Waals surface area contributed by atoms with Crippen LogP contribution in [0.3, 0.4) is 0 Å². The first-order chi connectivity index (χ1) is 12.1. The highest BCUT2D eigenvalue weighted by Gasteiger charge is 2.32. The number of ether oxygens (including phenoxy) is 1. The summed E-state index contributed by atoms with van der Waals surface area (Å²) in [5.74, 6) is -0.0956. The molecule has 1 aliphatic heterocycles. The van der Waals surface area contributed by atoms with Gasteiger partial charge in [0.1, 0.15) is 5.75 Å². The highest BCUT2D eigenvalue weighted by Crippen LogP contribution is 2.40. The van der Waals surface area contributed by atoms with Gasteiger partial charge < -0.3 is 9.84 Å². The number of carboxylic acid groups (broad SMARTS) is 1. The summed E-state index contributed by atoms with van der Waals surface area (Å²) in [6.07, 6.45) is 1.34. The first-order valence-corrected chi connectivity index (χ1v) is 9.78. The number of carbonyl (C=O) groups is 1. The molecule has 3 rings (SSSR count). The molecule has 1 N–H and O–H groups in total. The van der Waals surface area contributed by atoms with E-state index in [9.17, 15) is 9.90 Å². The summed E-state index contributed by atoms with van der Waals surface area (Å²) >= 11 is 7.98. The highest BCUT2D eigenvalue weighted by molar-refractivity contribution is 7.10. The van der Waals surface area contributed by atoms with Crippen LogP contribution in [0.1, 0.15) is 36.2 Å². The van der Waals surface area contributed by atoms with Gasteiger partial charge in [-0.15, -0.1) is 11.3 Å². The van der Waals surface area contributed by atoms with Crippen LogP contribution in [0.15, 0.2) is 35.7 Å². The Morgan fingerprint density at radius 1 is 1.40 bits per heavy atom. The van der Waals surface area contributed by atoms with E-state index < -0.39 is 5.97 Å². The summed E-state index contributed by atoms with van der Waals surface area (Å²) in [6.45, 7) is 4.05. The molecule has 1 aromatic heterocycles. The van der Waals surface area contributed by atoms with Gasteiger partial charge in [-0.05, 0) is 62.5 Å². The van der Waals surface area contributed by atoms with Gasteiger partial charge in [-0.25, -0.2) is 0 Å². The number of nitrogens with zero attached hydrogens (tertiary/aromatic N) is 1. The molecular weight excluding hydrogens is 358 g/mol. The minimum Gasteiger partial charge on any atom is -0.494 e. The van der Waals surface area contributed by atoms with Crippen LogP contribution >= 0.6 is 22.9 Å². The lowest BCUT2D eigenvalue weighted by Gasteiger charge is -2.37. The number of likely N-dealkylation sites (tertiary alicyclic amines) is 1. The fraction of sp³-hybridized carbons (Fsp3) is 0.421. The number of piperidine rings is 1. The Bertz CT molecular complexity index is 711. The molecule has 0 spiro atoms. The largest absolute Gasteiger partial charge is 0.494 e. The van der Waals surface area contributed by atoms with Gasteiger partial charge in [-0.2, -0.15) is 0 Å². The maximum absolute atomic E-state index is 11.3. The Kier molecular flexibility index (Phi) is 5.99. The van der Waals surface area contributed by atoms with Crippen LogP contribution in [0.4, 0.5) is 0 Å². The van der Waals surface area contributed by atoms with E-state index in [2.05, 4.69) is 16.3 Å². The van der Waals surface area contributed by atoms with E-state index in [-0.39, 0.29) is 12.0 Å². The molecule has 1 unspecified atom stereocenters. The van der Waals surface area contributed by atoms with Crippen molar-refractivity contribution in [1.82, 2.24) is 4.90 Å². The van der Waals surface area contributed by atoms with Crippen LogP contribution in [-0.4, -0.2) is 35.7 Å². The van der Waals surface area contributed by atoms with Crippen molar-refractivity contribution in [2.24, 2.45) is 5.92 Å². The van der Waals surface area contributed by atoms with Crippen LogP contribution in [0, 0.1) is 5.92 Å². The number of hydrogen-bond donors (Lipinski definition) is 1. The average molecular weight is 380 g/mol. The van der Waals surface area contributed by atoms with Gasteiger partial charge in [0.2, 0.25) is 0 Å². The van der Waals surface area contributed by atoms with Gasteiger partial charge in [0.25, 0.3) is 0 Å². The van der Waals surface area contributed by atoms with E-state index in [1.807, 2.05) is 31.2 Å². The quantitative estimate of drug-likeness (QED) is 0.791. The van der Waals surface area contributed by atoms with Crippen LogP contribution in [0.2, 0.25) is 5.02 Å². The standard InChI is InChI=1S/C19H22ClNO3S/c1-2-24-16-6-5-14(20)12-15(16)18(17-4-3-11-25-17)21-9-7-13(8-10-21)19(22)23/h3-6,11-13,18H,2,7-10H2,1H3,(H,22,23). The van der Waals surface area contributed by atoms with Crippen molar-refractivity contribution >= 4 is 28.9 Å². The zero-order valence-electron chi connectivity index (χ0n) is 14.2. The zero-order chi connectivity index (χ0) is 17.8. The van der Waals surface area contributed by atoms with Gasteiger partial charge >= 0.3 is 5.97 Å². The van der Waals surface area contributed by atoms with Gasteiger partial charge in [0.15, 0.2) is 0 Å². The van der Waals surface area contributed by atoms with Gasteiger partial charge in [-0.1, -0.05) is 17.7 Å². The van der Waals surface area contributed by atoms with E-state index in [1.54, 1.807) is 11.3 Å². The van der Waals surface area contributed by atoms with Crippen molar-refractivity contribution in [2.45, 2.75) is 25.8 Å². The lowest BCUT2D eigenvalue weighted by atomic mass is 9.93. The van der Waals surface area contributed by atoms with E-state index >= 15 is 0 Å². The van der Waals surface area contributed by atoms with Crippen molar-refractivity contribution in [3.63, 3.8) is 0 Å². The van der Waals surface area contributed by atoms with Crippen LogP contribution in [0.25, 0.3) is 0 Å². The molecule has 2 aromatic rings. The third-order valence-electron chi connectivity index (χ3n) is 4.62. The third kappa shape index (κ3) is 4.17. The van der Waals surface area contributed by atoms with Crippen molar-refractivity contribution in [3.8, 4) is 5.75 Å². The lowest BCUT2D eigenvalue weighted by Crippen LogP contribution is -2.39. The Labute approximate surface area is 157 Å². The molecule has 2 heterocycles. The number of carboxylic acids is 1. The summed E-state index contributed by atoms with van der Waals surface area (Å²) in [5, 5.41) is 12.0. The van der Waals surface area contributed by atoms with Crippen LogP contribution in [0.5, 0.6) is 5.75 Å². The van der Waals surface area contributed by atoms with E-state index in [0.717, 1.165) is 24.4 Å². The van der Waals surface area contributed by atoms with Crippen molar-refractivity contribution in [1.29, 1.82) is 0 Å². The van der Waals surface area contributed by atoms with E-state index in [0.29, 0.717) is 24.5 Å². The average Bonchev–Trinajstić information content (AvgIpc) is 3.12. The second-order valence-corrected chi connectivity index (χ2v) is 7.60. The topological polar surface area (TPSA) is 49.8 Å². The van der Waals surface area contributed by atoms with Crippen molar-refractivity contribution < 1.29 is 14.6 Å². The SMILES string of the molecule is CCOc1ccc(Cl)cc1C(c1cccs1)N1CCC(C(=O)O)CC1. The van der Waals surface area contributed by atoms with Crippen LogP contribution in [-0.2, 0) is 4.79 Å². The summed E-state index contributed by atoms with van der Waals surface area (Å²) in [6, 6.07) is 9.94. The molecule has 1 saturated heterocycles. The lowest BCUT2D eigenvalue weighted by molar-refractivity contribution is -0.143. The molecule has 1 aliphatic rings. The summed E-state index contributed by atoms with van der Waals surface area (Å²) in [5.41, 5.74) is 1.05. The monoisotopic (exact) mass is 379 g/mol. The molecule has 1 fully saturated rings. The Balaban J connectivity index is 1.95.